The number of nitrogens with one attached hydrogen (secondary N) is 1. The van der Waals surface area contributed by atoms with Crippen molar-refractivity contribution in [2.24, 2.45) is 0 Å². The largest absolute Gasteiger partial charge is 0.481 e. The molecule has 0 fully saturated rings. The number of carboxylic acids is 2. The number of rotatable bonds is 6. The molecule has 82 valence electrons. The van der Waals surface area contributed by atoms with Crippen molar-refractivity contribution in [1.82, 2.24) is 5.32 Å². The van der Waals surface area contributed by atoms with Crippen LogP contribution in [0.15, 0.2) is 0 Å². The molecule has 14 heavy (non-hydrogen) atoms. The third-order valence-corrected chi connectivity index (χ3v) is 1.82. The van der Waals surface area contributed by atoms with Gasteiger partial charge in [0.1, 0.15) is 6.04 Å². The first-order valence-electron chi connectivity index (χ1n) is 3.45. The number of carboxylic acid groups (broad SMARTS) is 2. The maximum atomic E-state index is 10.4. The van der Waals surface area contributed by atoms with Crippen molar-refractivity contribution in [2.45, 2.75) is 12.5 Å². The predicted molar refractivity (Wildman–Crippen MR) is 43.7 cm³/mol. The van der Waals surface area contributed by atoms with Crippen LogP contribution in [0.5, 0.6) is 0 Å². The lowest BCUT2D eigenvalue weighted by atomic mass is 10.2. The van der Waals surface area contributed by atoms with Crippen molar-refractivity contribution >= 4 is 19.5 Å². The summed E-state index contributed by atoms with van der Waals surface area (Å²) in [5.41, 5.74) is 0. The average Bonchev–Trinajstić information content (AvgIpc) is 1.94. The smallest absolute Gasteiger partial charge is 0.339 e. The van der Waals surface area contributed by atoms with Crippen molar-refractivity contribution in [3.8, 4) is 0 Å². The summed E-state index contributed by atoms with van der Waals surface area (Å²) in [6.07, 6.45) is -1.60. The normalized spacial score (nSPS) is 13.6. The van der Waals surface area contributed by atoms with E-state index in [4.69, 9.17) is 20.0 Å². The molecule has 0 spiro atoms. The second-order valence-electron chi connectivity index (χ2n) is 2.52. The fourth-order valence-electron chi connectivity index (χ4n) is 0.651. The summed E-state index contributed by atoms with van der Waals surface area (Å²) >= 11 is 0. The molecule has 1 unspecified atom stereocenters. The van der Waals surface area contributed by atoms with Crippen molar-refractivity contribution in [1.29, 1.82) is 0 Å². The predicted octanol–water partition coefficient (Wildman–Crippen LogP) is -1.36. The van der Waals surface area contributed by atoms with E-state index < -0.39 is 38.3 Å². The van der Waals surface area contributed by atoms with Crippen LogP contribution in [0.2, 0.25) is 0 Å². The zero-order valence-corrected chi connectivity index (χ0v) is 7.85. The Morgan fingerprint density at radius 3 is 2.07 bits per heavy atom. The van der Waals surface area contributed by atoms with Gasteiger partial charge in [-0.25, -0.2) is 0 Å². The Morgan fingerprint density at radius 1 is 1.29 bits per heavy atom. The van der Waals surface area contributed by atoms with Gasteiger partial charge in [0.05, 0.1) is 12.7 Å². The molecule has 0 aromatic rings. The molecule has 0 rings (SSSR count). The number of hydrogen-bond donors (Lipinski definition) is 5. The molecule has 0 aromatic heterocycles. The third-order valence-electron chi connectivity index (χ3n) is 1.22. The van der Waals surface area contributed by atoms with Gasteiger partial charge < -0.3 is 20.0 Å². The van der Waals surface area contributed by atoms with Crippen molar-refractivity contribution in [2.75, 3.05) is 6.29 Å². The van der Waals surface area contributed by atoms with Crippen LogP contribution in [0.4, 0.5) is 0 Å². The fourth-order valence-corrected chi connectivity index (χ4v) is 1.11. The zero-order valence-electron chi connectivity index (χ0n) is 6.95. The molecule has 9 heteroatoms. The van der Waals surface area contributed by atoms with E-state index in [0.717, 1.165) is 0 Å². The van der Waals surface area contributed by atoms with Crippen molar-refractivity contribution in [3.63, 3.8) is 0 Å². The Kier molecular flexibility index (Phi) is 4.72. The quantitative estimate of drug-likeness (QED) is 0.350. The molecular weight excluding hydrogens is 217 g/mol. The van der Waals surface area contributed by atoms with E-state index >= 15 is 0 Å². The molecule has 0 saturated carbocycles. The molecule has 0 aromatic carbocycles. The first-order chi connectivity index (χ1) is 6.22. The van der Waals surface area contributed by atoms with Crippen LogP contribution in [0, 0.1) is 0 Å². The molecular formula is C5H10NO7P. The minimum absolute atomic E-state index is 0.741. The molecule has 8 nitrogen and oxygen atoms in total. The van der Waals surface area contributed by atoms with E-state index in [2.05, 4.69) is 0 Å². The minimum atomic E-state index is -4.37. The highest BCUT2D eigenvalue weighted by molar-refractivity contribution is 7.51. The summed E-state index contributed by atoms with van der Waals surface area (Å²) in [5.74, 6) is -2.84. The van der Waals surface area contributed by atoms with E-state index in [1.165, 1.54) is 0 Å². The number of aliphatic carboxylic acids is 2. The average molecular weight is 227 g/mol. The lowest BCUT2D eigenvalue weighted by Gasteiger charge is -2.12. The van der Waals surface area contributed by atoms with Crippen molar-refractivity contribution in [3.05, 3.63) is 0 Å². The van der Waals surface area contributed by atoms with Gasteiger partial charge in [-0.05, 0) is 0 Å². The molecule has 0 aliphatic rings. The highest BCUT2D eigenvalue weighted by Gasteiger charge is 2.23. The van der Waals surface area contributed by atoms with E-state index in [9.17, 15) is 14.2 Å². The van der Waals surface area contributed by atoms with Crippen molar-refractivity contribution < 1.29 is 34.2 Å². The van der Waals surface area contributed by atoms with Crippen LogP contribution < -0.4 is 5.32 Å². The molecule has 1 atom stereocenters. The maximum absolute atomic E-state index is 10.4. The van der Waals surface area contributed by atoms with Gasteiger partial charge in [0, 0.05) is 0 Å². The topological polar surface area (TPSA) is 144 Å². The second-order valence-corrected chi connectivity index (χ2v) is 4.16. The van der Waals surface area contributed by atoms with Gasteiger partial charge in [0.2, 0.25) is 0 Å². The molecule has 0 aliphatic heterocycles. The molecule has 0 bridgehead atoms. The summed E-state index contributed by atoms with van der Waals surface area (Å²) in [6.45, 7) is 0. The van der Waals surface area contributed by atoms with Crippen LogP contribution in [-0.2, 0) is 14.2 Å². The molecule has 0 amide bonds. The molecule has 0 radical (unpaired) electrons. The lowest BCUT2D eigenvalue weighted by Crippen LogP contribution is -2.38. The van der Waals surface area contributed by atoms with Crippen LogP contribution >= 0.6 is 7.60 Å². The van der Waals surface area contributed by atoms with E-state index in [-0.39, 0.29) is 0 Å². The summed E-state index contributed by atoms with van der Waals surface area (Å²) < 4.78 is 10.3. The molecule has 5 N–H and O–H groups in total. The summed E-state index contributed by atoms with van der Waals surface area (Å²) in [5, 5.41) is 18.7. The van der Waals surface area contributed by atoms with Gasteiger partial charge in [-0.1, -0.05) is 0 Å². The second kappa shape index (κ2) is 5.06. The molecule has 0 heterocycles. The van der Waals surface area contributed by atoms with Crippen LogP contribution in [0.1, 0.15) is 6.42 Å². The first kappa shape index (κ1) is 13.1. The van der Waals surface area contributed by atoms with Gasteiger partial charge in [-0.3, -0.25) is 19.5 Å². The SMILES string of the molecule is O=C(O)CC(NCP(=O)(O)O)C(=O)O. The number of carbonyl (C=O) groups is 2. The van der Waals surface area contributed by atoms with Crippen LogP contribution in [-0.4, -0.2) is 44.3 Å². The fraction of sp³-hybridized carbons (Fsp3) is 0.600. The lowest BCUT2D eigenvalue weighted by molar-refractivity contribution is -0.145. The summed E-state index contributed by atoms with van der Waals surface area (Å²) in [4.78, 5) is 37.3. The summed E-state index contributed by atoms with van der Waals surface area (Å²) in [7, 11) is -4.37. The highest BCUT2D eigenvalue weighted by Crippen LogP contribution is 2.32. The standard InChI is InChI=1S/C5H10NO7P/c7-4(8)1-3(5(9)10)6-2-14(11,12)13/h3,6H,1-2H2,(H,7,8)(H,9,10)(H2,11,12,13). The Hall–Kier alpha value is -0.950. The van der Waals surface area contributed by atoms with Gasteiger partial charge >= 0.3 is 19.5 Å². The molecule has 0 aliphatic carbocycles. The highest BCUT2D eigenvalue weighted by atomic mass is 31.2. The Labute approximate surface area is 78.7 Å². The van der Waals surface area contributed by atoms with Crippen LogP contribution in [0.3, 0.4) is 0 Å². The first-order valence-corrected chi connectivity index (χ1v) is 5.24. The Balaban J connectivity index is 4.18. The van der Waals surface area contributed by atoms with Gasteiger partial charge in [-0.2, -0.15) is 0 Å². The van der Waals surface area contributed by atoms with Crippen LogP contribution in [0.25, 0.3) is 0 Å². The van der Waals surface area contributed by atoms with Gasteiger partial charge in [0.25, 0.3) is 0 Å². The monoisotopic (exact) mass is 227 g/mol. The number of hydrogen-bond acceptors (Lipinski definition) is 4. The minimum Gasteiger partial charge on any atom is -0.481 e. The maximum Gasteiger partial charge on any atom is 0.339 e. The van der Waals surface area contributed by atoms with E-state index in [0.29, 0.717) is 0 Å². The third kappa shape index (κ3) is 6.55. The van der Waals surface area contributed by atoms with E-state index in [1.807, 2.05) is 5.32 Å². The van der Waals surface area contributed by atoms with Gasteiger partial charge in [-0.15, -0.1) is 0 Å². The molecule has 0 saturated heterocycles. The van der Waals surface area contributed by atoms with E-state index in [1.54, 1.807) is 0 Å². The Morgan fingerprint density at radius 2 is 1.79 bits per heavy atom. The zero-order chi connectivity index (χ0) is 11.4. The van der Waals surface area contributed by atoms with Gasteiger partial charge in [0.15, 0.2) is 0 Å². The summed E-state index contributed by atoms with van der Waals surface area (Å²) in [6, 6.07) is -1.50. The Bertz CT molecular complexity index is 271.